The summed E-state index contributed by atoms with van der Waals surface area (Å²) < 4.78 is 10.6. The van der Waals surface area contributed by atoms with Gasteiger partial charge in [0.25, 0.3) is 0 Å². The Morgan fingerprint density at radius 2 is 1.96 bits per heavy atom. The average molecular weight is 382 g/mol. The van der Waals surface area contributed by atoms with Crippen LogP contribution in [0.5, 0.6) is 11.5 Å². The van der Waals surface area contributed by atoms with Crippen LogP contribution in [0.2, 0.25) is 0 Å². The van der Waals surface area contributed by atoms with Gasteiger partial charge in [-0.2, -0.15) is 0 Å². The smallest absolute Gasteiger partial charge is 0.229 e. The zero-order chi connectivity index (χ0) is 19.9. The van der Waals surface area contributed by atoms with Gasteiger partial charge in [-0.05, 0) is 55.3 Å². The Labute approximate surface area is 165 Å². The van der Waals surface area contributed by atoms with E-state index in [-0.39, 0.29) is 24.2 Å². The second-order valence-corrected chi connectivity index (χ2v) is 6.79. The molecular weight excluding hydrogens is 356 g/mol. The van der Waals surface area contributed by atoms with Crippen LogP contribution in [-0.2, 0) is 16.0 Å². The first-order valence-corrected chi connectivity index (χ1v) is 9.53. The Morgan fingerprint density at radius 1 is 1.18 bits per heavy atom. The standard InChI is InChI=1S/C22H26N2O4/c1-3-28-19-9-7-18(8-10-19)23-22(26)17-14-21(25)24(15-17)12-11-16-5-4-6-20(13-16)27-2/h4-10,13,17H,3,11-12,14-15H2,1-2H3,(H,23,26). The van der Waals surface area contributed by atoms with Gasteiger partial charge in [0, 0.05) is 25.2 Å². The highest BCUT2D eigenvalue weighted by molar-refractivity contribution is 5.97. The van der Waals surface area contributed by atoms with Crippen LogP contribution in [-0.4, -0.2) is 43.5 Å². The topological polar surface area (TPSA) is 67.9 Å². The number of likely N-dealkylation sites (tertiary alicyclic amines) is 1. The molecule has 148 valence electrons. The lowest BCUT2D eigenvalue weighted by atomic mass is 10.1. The predicted molar refractivity (Wildman–Crippen MR) is 108 cm³/mol. The second kappa shape index (κ2) is 9.26. The van der Waals surface area contributed by atoms with Crippen molar-refractivity contribution in [3.05, 3.63) is 54.1 Å². The van der Waals surface area contributed by atoms with Crippen LogP contribution in [0.1, 0.15) is 18.9 Å². The summed E-state index contributed by atoms with van der Waals surface area (Å²) in [5.74, 6) is 1.14. The van der Waals surface area contributed by atoms with Gasteiger partial charge in [-0.3, -0.25) is 9.59 Å². The number of carbonyl (C=O) groups excluding carboxylic acids is 2. The first kappa shape index (κ1) is 19.7. The average Bonchev–Trinajstić information content (AvgIpc) is 3.09. The number of anilines is 1. The summed E-state index contributed by atoms with van der Waals surface area (Å²) >= 11 is 0. The lowest BCUT2D eigenvalue weighted by Crippen LogP contribution is -2.30. The van der Waals surface area contributed by atoms with Gasteiger partial charge in [-0.1, -0.05) is 12.1 Å². The molecule has 0 aliphatic carbocycles. The number of amides is 2. The first-order chi connectivity index (χ1) is 13.6. The molecule has 2 aromatic carbocycles. The maximum absolute atomic E-state index is 12.5. The minimum absolute atomic E-state index is 0.0229. The molecule has 6 nitrogen and oxygen atoms in total. The molecule has 2 amide bonds. The molecule has 2 aromatic rings. The Morgan fingerprint density at radius 3 is 2.68 bits per heavy atom. The molecular formula is C22H26N2O4. The van der Waals surface area contributed by atoms with Crippen molar-refractivity contribution < 1.29 is 19.1 Å². The van der Waals surface area contributed by atoms with Gasteiger partial charge >= 0.3 is 0 Å². The Kier molecular flexibility index (Phi) is 6.53. The molecule has 0 saturated carbocycles. The van der Waals surface area contributed by atoms with Crippen molar-refractivity contribution in [3.8, 4) is 11.5 Å². The van der Waals surface area contributed by atoms with Crippen molar-refractivity contribution in [2.75, 3.05) is 32.1 Å². The molecule has 1 saturated heterocycles. The van der Waals surface area contributed by atoms with Gasteiger partial charge in [0.05, 0.1) is 19.6 Å². The molecule has 28 heavy (non-hydrogen) atoms. The summed E-state index contributed by atoms with van der Waals surface area (Å²) in [4.78, 5) is 26.6. The summed E-state index contributed by atoms with van der Waals surface area (Å²) in [6.45, 7) is 3.57. The maximum atomic E-state index is 12.5. The van der Waals surface area contributed by atoms with Crippen LogP contribution >= 0.6 is 0 Å². The molecule has 0 bridgehead atoms. The fourth-order valence-electron chi connectivity index (χ4n) is 3.30. The van der Waals surface area contributed by atoms with E-state index in [0.717, 1.165) is 23.5 Å². The molecule has 1 aliphatic heterocycles. The zero-order valence-electron chi connectivity index (χ0n) is 16.3. The maximum Gasteiger partial charge on any atom is 0.229 e. The van der Waals surface area contributed by atoms with E-state index in [1.54, 1.807) is 24.1 Å². The van der Waals surface area contributed by atoms with Crippen molar-refractivity contribution >= 4 is 17.5 Å². The number of hydrogen-bond donors (Lipinski definition) is 1. The van der Waals surface area contributed by atoms with Gasteiger partial charge in [0.15, 0.2) is 0 Å². The molecule has 0 radical (unpaired) electrons. The molecule has 1 fully saturated rings. The van der Waals surface area contributed by atoms with Gasteiger partial charge < -0.3 is 19.7 Å². The largest absolute Gasteiger partial charge is 0.497 e. The van der Waals surface area contributed by atoms with Crippen molar-refractivity contribution in [2.24, 2.45) is 5.92 Å². The third kappa shape index (κ3) is 5.03. The molecule has 0 spiro atoms. The molecule has 3 rings (SSSR count). The summed E-state index contributed by atoms with van der Waals surface area (Å²) in [7, 11) is 1.64. The van der Waals surface area contributed by atoms with E-state index in [2.05, 4.69) is 5.32 Å². The van der Waals surface area contributed by atoms with Crippen LogP contribution < -0.4 is 14.8 Å². The van der Waals surface area contributed by atoms with Gasteiger partial charge in [-0.25, -0.2) is 0 Å². The molecule has 1 aliphatic rings. The van der Waals surface area contributed by atoms with E-state index in [0.29, 0.717) is 25.4 Å². The monoisotopic (exact) mass is 382 g/mol. The molecule has 1 N–H and O–H groups in total. The van der Waals surface area contributed by atoms with Crippen molar-refractivity contribution in [3.63, 3.8) is 0 Å². The molecule has 1 unspecified atom stereocenters. The Balaban J connectivity index is 1.52. The summed E-state index contributed by atoms with van der Waals surface area (Å²) in [5.41, 5.74) is 1.81. The van der Waals surface area contributed by atoms with E-state index in [1.165, 1.54) is 0 Å². The third-order valence-corrected chi connectivity index (χ3v) is 4.82. The summed E-state index contributed by atoms with van der Waals surface area (Å²) in [6, 6.07) is 15.1. The Bertz CT molecular complexity index is 820. The third-order valence-electron chi connectivity index (χ3n) is 4.82. The minimum Gasteiger partial charge on any atom is -0.497 e. The van der Waals surface area contributed by atoms with Crippen LogP contribution in [0.25, 0.3) is 0 Å². The number of hydrogen-bond acceptors (Lipinski definition) is 4. The van der Waals surface area contributed by atoms with Crippen LogP contribution in [0, 0.1) is 5.92 Å². The normalized spacial score (nSPS) is 16.1. The van der Waals surface area contributed by atoms with E-state index in [4.69, 9.17) is 9.47 Å². The SMILES string of the molecule is CCOc1ccc(NC(=O)C2CC(=O)N(CCc3cccc(OC)c3)C2)cc1. The van der Waals surface area contributed by atoms with E-state index < -0.39 is 0 Å². The number of nitrogens with zero attached hydrogens (tertiary/aromatic N) is 1. The number of ether oxygens (including phenoxy) is 2. The predicted octanol–water partition coefficient (Wildman–Crippen LogP) is 3.12. The van der Waals surface area contributed by atoms with Crippen molar-refractivity contribution in [1.82, 2.24) is 4.90 Å². The summed E-state index contributed by atoms with van der Waals surface area (Å²) in [5, 5.41) is 2.89. The molecule has 6 heteroatoms. The second-order valence-electron chi connectivity index (χ2n) is 6.79. The molecule has 1 heterocycles. The van der Waals surface area contributed by atoms with Crippen LogP contribution in [0.4, 0.5) is 5.69 Å². The highest BCUT2D eigenvalue weighted by Gasteiger charge is 2.34. The highest BCUT2D eigenvalue weighted by Crippen LogP contribution is 2.22. The van der Waals surface area contributed by atoms with Crippen LogP contribution in [0.3, 0.4) is 0 Å². The van der Waals surface area contributed by atoms with Crippen molar-refractivity contribution in [2.45, 2.75) is 19.8 Å². The number of nitrogens with one attached hydrogen (secondary N) is 1. The summed E-state index contributed by atoms with van der Waals surface area (Å²) in [6.07, 6.45) is 0.983. The Hall–Kier alpha value is -3.02. The zero-order valence-corrected chi connectivity index (χ0v) is 16.3. The fourth-order valence-corrected chi connectivity index (χ4v) is 3.30. The van der Waals surface area contributed by atoms with E-state index in [1.807, 2.05) is 43.3 Å². The number of rotatable bonds is 8. The van der Waals surface area contributed by atoms with E-state index in [9.17, 15) is 9.59 Å². The molecule has 0 aromatic heterocycles. The first-order valence-electron chi connectivity index (χ1n) is 9.53. The highest BCUT2D eigenvalue weighted by atomic mass is 16.5. The van der Waals surface area contributed by atoms with Gasteiger partial charge in [-0.15, -0.1) is 0 Å². The number of benzene rings is 2. The number of carbonyl (C=O) groups is 2. The van der Waals surface area contributed by atoms with Gasteiger partial charge in [0.1, 0.15) is 11.5 Å². The van der Waals surface area contributed by atoms with Gasteiger partial charge in [0.2, 0.25) is 11.8 Å². The fraction of sp³-hybridized carbons (Fsp3) is 0.364. The van der Waals surface area contributed by atoms with E-state index >= 15 is 0 Å². The lowest BCUT2D eigenvalue weighted by molar-refractivity contribution is -0.128. The quantitative estimate of drug-likeness (QED) is 0.762. The lowest BCUT2D eigenvalue weighted by Gasteiger charge is -2.17. The van der Waals surface area contributed by atoms with Crippen molar-refractivity contribution in [1.29, 1.82) is 0 Å². The number of methoxy groups -OCH3 is 1. The molecule has 1 atom stereocenters. The van der Waals surface area contributed by atoms with Crippen LogP contribution in [0.15, 0.2) is 48.5 Å². The minimum atomic E-state index is -0.329.